The number of hydrogen-bond donors (Lipinski definition) is 1. The average Bonchev–Trinajstić information content (AvgIpc) is 3.10. The summed E-state index contributed by atoms with van der Waals surface area (Å²) >= 11 is 0. The van der Waals surface area contributed by atoms with E-state index in [0.717, 1.165) is 29.3 Å². The van der Waals surface area contributed by atoms with Crippen LogP contribution in [0.2, 0.25) is 0 Å². The van der Waals surface area contributed by atoms with Crippen LogP contribution in [0.15, 0.2) is 48.9 Å². The normalized spacial score (nSPS) is 15.6. The minimum Gasteiger partial charge on any atom is -0.460 e. The predicted molar refractivity (Wildman–Crippen MR) is 89.9 cm³/mol. The molecular formula is C18H18N4O2. The number of amides is 1. The molecule has 3 aromatic rings. The number of carbonyl (C=O) groups excluding carboxylic acids is 1. The highest BCUT2D eigenvalue weighted by Gasteiger charge is 2.25. The summed E-state index contributed by atoms with van der Waals surface area (Å²) in [6.45, 7) is 1.36. The van der Waals surface area contributed by atoms with E-state index in [1.165, 1.54) is 0 Å². The quantitative estimate of drug-likeness (QED) is 0.805. The lowest BCUT2D eigenvalue weighted by molar-refractivity contribution is 0.0579. The molecule has 2 aromatic heterocycles. The zero-order valence-corrected chi connectivity index (χ0v) is 13.2. The Kier molecular flexibility index (Phi) is 3.86. The molecule has 122 valence electrons. The highest BCUT2D eigenvalue weighted by Crippen LogP contribution is 2.20. The minimum absolute atomic E-state index is 0.0577. The summed E-state index contributed by atoms with van der Waals surface area (Å²) in [5.41, 5.74) is 1.70. The number of likely N-dealkylation sites (tertiary alicyclic amines) is 1. The van der Waals surface area contributed by atoms with Gasteiger partial charge in [0.1, 0.15) is 6.10 Å². The molecule has 4 rings (SSSR count). The Labute approximate surface area is 139 Å². The number of ether oxygens (including phenoxy) is 1. The summed E-state index contributed by atoms with van der Waals surface area (Å²) in [5, 5.41) is 1.11. The van der Waals surface area contributed by atoms with Crippen LogP contribution in [0.25, 0.3) is 10.9 Å². The second kappa shape index (κ2) is 6.31. The summed E-state index contributed by atoms with van der Waals surface area (Å²) in [6, 6.07) is 9.94. The summed E-state index contributed by atoms with van der Waals surface area (Å²) < 4.78 is 5.77. The second-order valence-corrected chi connectivity index (χ2v) is 5.92. The van der Waals surface area contributed by atoms with Crippen LogP contribution in [-0.2, 0) is 0 Å². The minimum atomic E-state index is 0.0577. The largest absolute Gasteiger partial charge is 0.460 e. The van der Waals surface area contributed by atoms with Gasteiger partial charge in [-0.2, -0.15) is 0 Å². The second-order valence-electron chi connectivity index (χ2n) is 5.92. The lowest BCUT2D eigenvalue weighted by Crippen LogP contribution is -2.41. The molecule has 0 unspecified atom stereocenters. The van der Waals surface area contributed by atoms with Gasteiger partial charge in [-0.05, 0) is 29.7 Å². The topological polar surface area (TPSA) is 71.1 Å². The Hall–Kier alpha value is -2.89. The third-order valence-electron chi connectivity index (χ3n) is 4.35. The third-order valence-corrected chi connectivity index (χ3v) is 4.35. The number of benzene rings is 1. The smallest absolute Gasteiger partial charge is 0.316 e. The van der Waals surface area contributed by atoms with Crippen molar-refractivity contribution in [3.05, 3.63) is 54.5 Å². The summed E-state index contributed by atoms with van der Waals surface area (Å²) in [4.78, 5) is 25.9. The molecule has 0 spiro atoms. The van der Waals surface area contributed by atoms with Crippen LogP contribution in [0.1, 0.15) is 23.2 Å². The van der Waals surface area contributed by atoms with Gasteiger partial charge in [0, 0.05) is 55.6 Å². The number of hydrogen-bond acceptors (Lipinski definition) is 4. The number of aromatic amines is 1. The molecular weight excluding hydrogens is 304 g/mol. The van der Waals surface area contributed by atoms with Crippen molar-refractivity contribution in [3.8, 4) is 6.01 Å². The number of carbonyl (C=O) groups is 1. The number of aromatic nitrogens is 3. The first-order valence-corrected chi connectivity index (χ1v) is 8.10. The van der Waals surface area contributed by atoms with E-state index in [1.807, 2.05) is 35.4 Å². The van der Waals surface area contributed by atoms with Crippen LogP contribution in [0.4, 0.5) is 0 Å². The van der Waals surface area contributed by atoms with Gasteiger partial charge in [0.15, 0.2) is 0 Å². The molecule has 3 heterocycles. The van der Waals surface area contributed by atoms with Crippen LogP contribution >= 0.6 is 0 Å². The van der Waals surface area contributed by atoms with Crippen molar-refractivity contribution in [2.45, 2.75) is 18.9 Å². The van der Waals surface area contributed by atoms with E-state index in [9.17, 15) is 4.79 Å². The van der Waals surface area contributed by atoms with E-state index in [-0.39, 0.29) is 12.0 Å². The Morgan fingerprint density at radius 3 is 2.75 bits per heavy atom. The van der Waals surface area contributed by atoms with Crippen molar-refractivity contribution in [2.24, 2.45) is 0 Å². The molecule has 0 atom stereocenters. The highest BCUT2D eigenvalue weighted by molar-refractivity contribution is 5.98. The monoisotopic (exact) mass is 322 g/mol. The Bertz CT molecular complexity index is 838. The molecule has 24 heavy (non-hydrogen) atoms. The van der Waals surface area contributed by atoms with E-state index in [0.29, 0.717) is 19.1 Å². The fourth-order valence-corrected chi connectivity index (χ4v) is 3.04. The molecule has 1 aliphatic rings. The molecule has 1 N–H and O–H groups in total. The first kappa shape index (κ1) is 14.7. The molecule has 1 aromatic carbocycles. The number of rotatable bonds is 3. The van der Waals surface area contributed by atoms with Crippen molar-refractivity contribution < 1.29 is 9.53 Å². The van der Waals surface area contributed by atoms with Crippen molar-refractivity contribution in [2.75, 3.05) is 13.1 Å². The molecule has 6 heteroatoms. The standard InChI is InChI=1S/C18H18N4O2/c23-17(14-3-2-13-4-9-19-16(13)12-14)22-10-5-15(6-11-22)24-18-20-7-1-8-21-18/h1-4,7-9,12,15,19H,5-6,10-11H2. The molecule has 1 saturated heterocycles. The maximum absolute atomic E-state index is 12.7. The van der Waals surface area contributed by atoms with Gasteiger partial charge >= 0.3 is 6.01 Å². The molecule has 1 aliphatic heterocycles. The van der Waals surface area contributed by atoms with Crippen LogP contribution in [0.3, 0.4) is 0 Å². The lowest BCUT2D eigenvalue weighted by atomic mass is 10.1. The van der Waals surface area contributed by atoms with Gasteiger partial charge in [0.25, 0.3) is 5.91 Å². The number of fused-ring (bicyclic) bond motifs is 1. The number of nitrogens with zero attached hydrogens (tertiary/aromatic N) is 3. The van der Waals surface area contributed by atoms with Gasteiger partial charge in [-0.15, -0.1) is 0 Å². The molecule has 1 fully saturated rings. The van der Waals surface area contributed by atoms with E-state index in [2.05, 4.69) is 15.0 Å². The highest BCUT2D eigenvalue weighted by atomic mass is 16.5. The van der Waals surface area contributed by atoms with Crippen LogP contribution in [-0.4, -0.2) is 45.0 Å². The zero-order chi connectivity index (χ0) is 16.4. The molecule has 0 saturated carbocycles. The van der Waals surface area contributed by atoms with Gasteiger partial charge in [-0.1, -0.05) is 6.07 Å². The summed E-state index contributed by atoms with van der Waals surface area (Å²) in [5.74, 6) is 0.0703. The predicted octanol–water partition coefficient (Wildman–Crippen LogP) is 2.64. The Morgan fingerprint density at radius 1 is 1.17 bits per heavy atom. The summed E-state index contributed by atoms with van der Waals surface area (Å²) in [6.07, 6.45) is 6.84. The SMILES string of the molecule is O=C(c1ccc2cc[nH]c2c1)N1CCC(Oc2ncccn2)CC1. The van der Waals surface area contributed by atoms with E-state index in [4.69, 9.17) is 4.74 Å². The van der Waals surface area contributed by atoms with Crippen molar-refractivity contribution in [3.63, 3.8) is 0 Å². The average molecular weight is 322 g/mol. The van der Waals surface area contributed by atoms with Crippen LogP contribution < -0.4 is 4.74 Å². The van der Waals surface area contributed by atoms with Gasteiger partial charge in [0.05, 0.1) is 0 Å². The fourth-order valence-electron chi connectivity index (χ4n) is 3.04. The summed E-state index contributed by atoms with van der Waals surface area (Å²) in [7, 11) is 0. The van der Waals surface area contributed by atoms with Crippen LogP contribution in [0, 0.1) is 0 Å². The zero-order valence-electron chi connectivity index (χ0n) is 13.2. The van der Waals surface area contributed by atoms with Gasteiger partial charge in [0.2, 0.25) is 0 Å². The molecule has 0 bridgehead atoms. The van der Waals surface area contributed by atoms with Crippen molar-refractivity contribution >= 4 is 16.8 Å². The van der Waals surface area contributed by atoms with Crippen LogP contribution in [0.5, 0.6) is 6.01 Å². The van der Waals surface area contributed by atoms with Gasteiger partial charge in [-0.25, -0.2) is 9.97 Å². The first-order chi connectivity index (χ1) is 11.8. The van der Waals surface area contributed by atoms with E-state index >= 15 is 0 Å². The van der Waals surface area contributed by atoms with Gasteiger partial charge in [-0.3, -0.25) is 4.79 Å². The molecule has 0 radical (unpaired) electrons. The number of piperidine rings is 1. The lowest BCUT2D eigenvalue weighted by Gasteiger charge is -2.31. The third kappa shape index (κ3) is 2.95. The molecule has 6 nitrogen and oxygen atoms in total. The fraction of sp³-hybridized carbons (Fsp3) is 0.278. The maximum atomic E-state index is 12.7. The molecule has 1 amide bonds. The maximum Gasteiger partial charge on any atom is 0.316 e. The molecule has 0 aliphatic carbocycles. The first-order valence-electron chi connectivity index (χ1n) is 8.10. The van der Waals surface area contributed by atoms with Crippen molar-refractivity contribution in [1.82, 2.24) is 19.9 Å². The van der Waals surface area contributed by atoms with Crippen molar-refractivity contribution in [1.29, 1.82) is 0 Å². The number of nitrogens with one attached hydrogen (secondary N) is 1. The number of H-pyrrole nitrogens is 1. The van der Waals surface area contributed by atoms with E-state index in [1.54, 1.807) is 18.5 Å². The Morgan fingerprint density at radius 2 is 1.96 bits per heavy atom. The van der Waals surface area contributed by atoms with E-state index < -0.39 is 0 Å². The van der Waals surface area contributed by atoms with Gasteiger partial charge < -0.3 is 14.6 Å². The Balaban J connectivity index is 1.39.